The largest absolute Gasteiger partial charge is 0.489 e. The van der Waals surface area contributed by atoms with Gasteiger partial charge in [-0.2, -0.15) is 18.3 Å². The van der Waals surface area contributed by atoms with Gasteiger partial charge in [-0.15, -0.1) is 0 Å². The zero-order valence-corrected chi connectivity index (χ0v) is 23.5. The van der Waals surface area contributed by atoms with Crippen molar-refractivity contribution in [3.63, 3.8) is 0 Å². The molecule has 2 aliphatic rings. The van der Waals surface area contributed by atoms with Crippen molar-refractivity contribution in [3.8, 4) is 17.6 Å². The van der Waals surface area contributed by atoms with Crippen LogP contribution in [0.25, 0.3) is 0 Å². The first-order chi connectivity index (χ1) is 20.6. The van der Waals surface area contributed by atoms with Gasteiger partial charge in [-0.25, -0.2) is 9.67 Å². The Morgan fingerprint density at radius 1 is 1.05 bits per heavy atom. The van der Waals surface area contributed by atoms with Crippen LogP contribution in [0.2, 0.25) is 5.15 Å². The normalized spacial score (nSPS) is 16.5. The van der Waals surface area contributed by atoms with Gasteiger partial charge in [0, 0.05) is 24.7 Å². The second-order valence-electron chi connectivity index (χ2n) is 10.1. The van der Waals surface area contributed by atoms with Crippen LogP contribution in [0.5, 0.6) is 5.75 Å². The molecule has 0 spiro atoms. The number of hydrogen-bond acceptors (Lipinski definition) is 5. The van der Waals surface area contributed by atoms with Gasteiger partial charge in [0.05, 0.1) is 12.2 Å². The molecule has 0 saturated carbocycles. The Labute approximate surface area is 249 Å². The number of ether oxygens (including phenoxy) is 1. The van der Waals surface area contributed by atoms with E-state index in [1.54, 1.807) is 29.9 Å². The van der Waals surface area contributed by atoms with Crippen molar-refractivity contribution in [2.45, 2.75) is 25.2 Å². The molecule has 0 saturated heterocycles. The number of likely N-dealkylation sites (N-methyl/N-ethyl adjacent to an activating group) is 1. The van der Waals surface area contributed by atoms with Crippen LogP contribution in [0.3, 0.4) is 0 Å². The minimum Gasteiger partial charge on any atom is -0.489 e. The van der Waals surface area contributed by atoms with E-state index >= 15 is 0 Å². The molecular formula is C31H23ClF3N5O3. The Hall–Kier alpha value is -4.82. The fourth-order valence-electron chi connectivity index (χ4n) is 5.09. The van der Waals surface area contributed by atoms with E-state index in [4.69, 9.17) is 16.3 Å². The molecule has 6 rings (SSSR count). The molecule has 8 nitrogen and oxygen atoms in total. The maximum absolute atomic E-state index is 13.6. The van der Waals surface area contributed by atoms with Gasteiger partial charge < -0.3 is 14.5 Å². The molecule has 0 unspecified atom stereocenters. The summed E-state index contributed by atoms with van der Waals surface area (Å²) in [6.45, 7) is 0.549. The SMILES string of the molecule is CN1C(=O)[C@H](N2CCc3c(nn(Cc4ccccc4)c3Cl)C2=O)COc2cc(C#Cc3cccc(C(F)(F)F)n3)ccc21. The smallest absolute Gasteiger partial charge is 0.433 e. The van der Waals surface area contributed by atoms with Crippen molar-refractivity contribution in [1.29, 1.82) is 0 Å². The molecule has 218 valence electrons. The summed E-state index contributed by atoms with van der Waals surface area (Å²) in [4.78, 5) is 33.6. The van der Waals surface area contributed by atoms with Crippen molar-refractivity contribution in [1.82, 2.24) is 19.7 Å². The molecule has 0 aliphatic carbocycles. The number of nitrogens with zero attached hydrogens (tertiary/aromatic N) is 5. The number of carbonyl (C=O) groups excluding carboxylic acids is 2. The van der Waals surface area contributed by atoms with Crippen molar-refractivity contribution in [3.05, 3.63) is 106 Å². The molecular weight excluding hydrogens is 583 g/mol. The number of aromatic nitrogens is 3. The van der Waals surface area contributed by atoms with E-state index in [1.165, 1.54) is 21.9 Å². The van der Waals surface area contributed by atoms with E-state index in [2.05, 4.69) is 21.9 Å². The second-order valence-corrected chi connectivity index (χ2v) is 10.4. The summed E-state index contributed by atoms with van der Waals surface area (Å²) >= 11 is 6.60. The molecule has 2 amide bonds. The molecule has 2 aliphatic heterocycles. The second kappa shape index (κ2) is 11.1. The number of benzene rings is 2. The minimum absolute atomic E-state index is 0.0349. The van der Waals surface area contributed by atoms with Gasteiger partial charge >= 0.3 is 6.18 Å². The average Bonchev–Trinajstić information content (AvgIpc) is 3.25. The van der Waals surface area contributed by atoms with Crippen molar-refractivity contribution in [2.75, 3.05) is 25.1 Å². The first-order valence-corrected chi connectivity index (χ1v) is 13.7. The third kappa shape index (κ3) is 5.53. The van der Waals surface area contributed by atoms with Gasteiger partial charge in [0.2, 0.25) is 0 Å². The van der Waals surface area contributed by atoms with Crippen LogP contribution in [0.1, 0.15) is 38.6 Å². The van der Waals surface area contributed by atoms with Crippen LogP contribution >= 0.6 is 11.6 Å². The number of carbonyl (C=O) groups is 2. The topological polar surface area (TPSA) is 80.6 Å². The molecule has 12 heteroatoms. The van der Waals surface area contributed by atoms with Gasteiger partial charge in [-0.3, -0.25) is 9.59 Å². The van der Waals surface area contributed by atoms with Crippen LogP contribution in [-0.2, 0) is 23.9 Å². The van der Waals surface area contributed by atoms with E-state index in [0.717, 1.165) is 11.6 Å². The molecule has 0 fully saturated rings. The first-order valence-electron chi connectivity index (χ1n) is 13.3. The number of rotatable bonds is 3. The van der Waals surface area contributed by atoms with Crippen LogP contribution in [-0.4, -0.2) is 57.7 Å². The summed E-state index contributed by atoms with van der Waals surface area (Å²) in [5, 5.41) is 4.90. The van der Waals surface area contributed by atoms with Gasteiger partial charge in [-0.1, -0.05) is 53.9 Å². The van der Waals surface area contributed by atoms with E-state index in [-0.39, 0.29) is 30.4 Å². The summed E-state index contributed by atoms with van der Waals surface area (Å²) < 4.78 is 46.6. The summed E-state index contributed by atoms with van der Waals surface area (Å²) in [5.41, 5.74) is 1.70. The summed E-state index contributed by atoms with van der Waals surface area (Å²) in [7, 11) is 1.59. The monoisotopic (exact) mass is 605 g/mol. The number of fused-ring (bicyclic) bond motifs is 2. The maximum atomic E-state index is 13.6. The summed E-state index contributed by atoms with van der Waals surface area (Å²) in [6.07, 6.45) is -4.15. The lowest BCUT2D eigenvalue weighted by molar-refractivity contribution is -0.141. The lowest BCUT2D eigenvalue weighted by Gasteiger charge is -2.33. The molecule has 2 aromatic heterocycles. The lowest BCUT2D eigenvalue weighted by Crippen LogP contribution is -2.54. The number of hydrogen-bond donors (Lipinski definition) is 0. The molecule has 0 bridgehead atoms. The molecule has 4 heterocycles. The number of alkyl halides is 3. The quantitative estimate of drug-likeness (QED) is 0.313. The first kappa shape index (κ1) is 28.3. The Bertz CT molecular complexity index is 1800. The summed E-state index contributed by atoms with van der Waals surface area (Å²) in [6, 6.07) is 17.1. The number of pyridine rings is 1. The van der Waals surface area contributed by atoms with Gasteiger partial charge in [0.25, 0.3) is 11.8 Å². The van der Waals surface area contributed by atoms with Crippen molar-refractivity contribution >= 4 is 29.1 Å². The van der Waals surface area contributed by atoms with E-state index in [1.807, 2.05) is 30.3 Å². The fraction of sp³-hybridized carbons (Fsp3) is 0.226. The maximum Gasteiger partial charge on any atom is 0.433 e. The molecule has 43 heavy (non-hydrogen) atoms. The Balaban J connectivity index is 1.22. The standard InChI is InChI=1S/C31H23ClF3N5O3/c1-38-23-13-11-19(10-12-21-8-5-9-26(36-21)31(33,34)35)16-25(23)43-18-24(29(38)41)39-15-14-22-27(30(39)42)37-40(28(22)32)17-20-6-3-2-4-7-20/h2-9,11,13,16,24H,14-15,17-18H2,1H3/t24-/m1/s1. The molecule has 0 N–H and O–H groups in total. The van der Waals surface area contributed by atoms with Crippen LogP contribution in [0, 0.1) is 11.8 Å². The lowest BCUT2D eigenvalue weighted by atomic mass is 10.0. The van der Waals surface area contributed by atoms with E-state index in [0.29, 0.717) is 40.7 Å². The Morgan fingerprint density at radius 3 is 2.60 bits per heavy atom. The predicted molar refractivity (Wildman–Crippen MR) is 152 cm³/mol. The Kier molecular flexibility index (Phi) is 7.31. The Morgan fingerprint density at radius 2 is 1.84 bits per heavy atom. The van der Waals surface area contributed by atoms with Crippen LogP contribution in [0.4, 0.5) is 18.9 Å². The fourth-order valence-corrected chi connectivity index (χ4v) is 5.37. The van der Waals surface area contributed by atoms with Crippen molar-refractivity contribution < 1.29 is 27.5 Å². The van der Waals surface area contributed by atoms with Gasteiger partial charge in [0.1, 0.15) is 34.9 Å². The minimum atomic E-state index is -4.57. The van der Waals surface area contributed by atoms with Crippen molar-refractivity contribution in [2.24, 2.45) is 0 Å². The number of amides is 2. The average molecular weight is 606 g/mol. The highest BCUT2D eigenvalue weighted by atomic mass is 35.5. The molecule has 2 aromatic carbocycles. The zero-order valence-electron chi connectivity index (χ0n) is 22.7. The van der Waals surface area contributed by atoms with Gasteiger partial charge in [-0.05, 0) is 48.2 Å². The van der Waals surface area contributed by atoms with Crippen LogP contribution in [0.15, 0.2) is 66.7 Å². The van der Waals surface area contributed by atoms with E-state index in [9.17, 15) is 22.8 Å². The molecule has 0 radical (unpaired) electrons. The summed E-state index contributed by atoms with van der Waals surface area (Å²) in [5.74, 6) is 5.05. The third-order valence-corrected chi connectivity index (χ3v) is 7.73. The highest BCUT2D eigenvalue weighted by Gasteiger charge is 2.41. The number of halogens is 4. The third-order valence-electron chi connectivity index (χ3n) is 7.31. The highest BCUT2D eigenvalue weighted by molar-refractivity contribution is 6.31. The number of anilines is 1. The molecule has 1 atom stereocenters. The van der Waals surface area contributed by atoms with Crippen LogP contribution < -0.4 is 9.64 Å². The zero-order chi connectivity index (χ0) is 30.3. The van der Waals surface area contributed by atoms with Gasteiger partial charge in [0.15, 0.2) is 5.69 Å². The molecule has 4 aromatic rings. The van der Waals surface area contributed by atoms with E-state index < -0.39 is 23.8 Å². The predicted octanol–water partition coefficient (Wildman–Crippen LogP) is 4.82. The highest BCUT2D eigenvalue weighted by Crippen LogP contribution is 2.34.